The van der Waals surface area contributed by atoms with Gasteiger partial charge in [0.05, 0.1) is 5.02 Å². The lowest BCUT2D eigenvalue weighted by Gasteiger charge is -2.40. The van der Waals surface area contributed by atoms with E-state index in [9.17, 15) is 9.59 Å². The normalized spacial score (nSPS) is 22.7. The first-order chi connectivity index (χ1) is 9.86. The van der Waals surface area contributed by atoms with Crippen molar-refractivity contribution in [2.24, 2.45) is 5.92 Å². The van der Waals surface area contributed by atoms with Crippen LogP contribution in [-0.4, -0.2) is 23.9 Å². The van der Waals surface area contributed by atoms with Gasteiger partial charge in [0.25, 0.3) is 5.91 Å². The van der Waals surface area contributed by atoms with Crippen molar-refractivity contribution in [3.05, 3.63) is 27.7 Å². The molecule has 1 aliphatic rings. The fraction of sp³-hybridized carbons (Fsp3) is 0.467. The van der Waals surface area contributed by atoms with Gasteiger partial charge in [-0.2, -0.15) is 0 Å². The van der Waals surface area contributed by atoms with Crippen molar-refractivity contribution in [1.29, 1.82) is 0 Å². The summed E-state index contributed by atoms with van der Waals surface area (Å²) in [7, 11) is 0. The summed E-state index contributed by atoms with van der Waals surface area (Å²) in [6.07, 6.45) is 0.552. The van der Waals surface area contributed by atoms with Crippen molar-refractivity contribution in [2.75, 3.05) is 4.90 Å². The molecule has 1 heterocycles. The van der Waals surface area contributed by atoms with Crippen LogP contribution in [0.4, 0.5) is 5.69 Å². The van der Waals surface area contributed by atoms with E-state index in [1.165, 1.54) is 0 Å². The predicted molar refractivity (Wildman–Crippen MR) is 87.5 cm³/mol. The summed E-state index contributed by atoms with van der Waals surface area (Å²) in [4.78, 5) is 26.6. The zero-order valence-corrected chi connectivity index (χ0v) is 14.5. The Kier molecular flexibility index (Phi) is 4.94. The number of anilines is 1. The highest BCUT2D eigenvalue weighted by Crippen LogP contribution is 2.31. The molecule has 0 saturated carbocycles. The summed E-state index contributed by atoms with van der Waals surface area (Å²) in [5.74, 6) is -0.169. The number of nitrogens with one attached hydrogen (secondary N) is 1. The Balaban J connectivity index is 2.46. The molecule has 1 N–H and O–H groups in total. The Labute approximate surface area is 138 Å². The smallest absolute Gasteiger partial charge is 0.250 e. The summed E-state index contributed by atoms with van der Waals surface area (Å²) in [6, 6.07) is 4.30. The highest BCUT2D eigenvalue weighted by Gasteiger charge is 2.41. The average molecular weight is 374 g/mol. The molecule has 0 radical (unpaired) electrons. The summed E-state index contributed by atoms with van der Waals surface area (Å²) in [5, 5.41) is 3.34. The van der Waals surface area contributed by atoms with Crippen LogP contribution in [0.15, 0.2) is 22.7 Å². The van der Waals surface area contributed by atoms with E-state index in [2.05, 4.69) is 21.2 Å². The molecule has 0 bridgehead atoms. The molecule has 2 unspecified atom stereocenters. The third kappa shape index (κ3) is 3.09. The molecule has 1 aromatic rings. The second-order valence-electron chi connectivity index (χ2n) is 5.46. The Morgan fingerprint density at radius 2 is 2.05 bits per heavy atom. The van der Waals surface area contributed by atoms with Crippen LogP contribution in [0.3, 0.4) is 0 Å². The van der Waals surface area contributed by atoms with Gasteiger partial charge in [0.1, 0.15) is 12.1 Å². The third-order valence-corrected chi connectivity index (χ3v) is 4.88. The molecule has 6 heteroatoms. The Morgan fingerprint density at radius 3 is 2.57 bits per heavy atom. The molecule has 2 amide bonds. The van der Waals surface area contributed by atoms with Gasteiger partial charge in [-0.1, -0.05) is 32.4 Å². The largest absolute Gasteiger partial charge is 0.342 e. The minimum atomic E-state index is -0.497. The first-order valence-electron chi connectivity index (χ1n) is 6.95. The number of rotatable bonds is 3. The van der Waals surface area contributed by atoms with Crippen LogP contribution in [0.25, 0.3) is 0 Å². The van der Waals surface area contributed by atoms with E-state index in [1.54, 1.807) is 23.1 Å². The van der Waals surface area contributed by atoms with E-state index >= 15 is 0 Å². The molecule has 0 spiro atoms. The summed E-state index contributed by atoms with van der Waals surface area (Å²) in [6.45, 7) is 5.73. The molecule has 21 heavy (non-hydrogen) atoms. The fourth-order valence-corrected chi connectivity index (χ4v) is 2.92. The number of hydrogen-bond donors (Lipinski definition) is 1. The predicted octanol–water partition coefficient (Wildman–Crippen LogP) is 3.37. The van der Waals surface area contributed by atoms with E-state index in [1.807, 2.05) is 20.8 Å². The molecule has 2 rings (SSSR count). The van der Waals surface area contributed by atoms with Gasteiger partial charge in [0.2, 0.25) is 5.91 Å². The van der Waals surface area contributed by atoms with Gasteiger partial charge in [0.15, 0.2) is 0 Å². The quantitative estimate of drug-likeness (QED) is 0.883. The summed E-state index contributed by atoms with van der Waals surface area (Å²) in [5.41, 5.74) is 0.653. The lowest BCUT2D eigenvalue weighted by atomic mass is 9.96. The number of piperazine rings is 1. The summed E-state index contributed by atoms with van der Waals surface area (Å²) >= 11 is 9.45. The van der Waals surface area contributed by atoms with Crippen LogP contribution in [0.1, 0.15) is 27.2 Å². The van der Waals surface area contributed by atoms with Crippen molar-refractivity contribution in [2.45, 2.75) is 39.3 Å². The van der Waals surface area contributed by atoms with Gasteiger partial charge in [0, 0.05) is 10.2 Å². The number of nitrogens with zero attached hydrogens (tertiary/aromatic N) is 1. The van der Waals surface area contributed by atoms with E-state index in [0.29, 0.717) is 17.1 Å². The Bertz CT molecular complexity index is 577. The maximum atomic E-state index is 12.7. The van der Waals surface area contributed by atoms with Gasteiger partial charge in [-0.05, 0) is 46.5 Å². The molecule has 114 valence electrons. The number of amides is 2. The third-order valence-electron chi connectivity index (χ3n) is 3.65. The molecule has 4 nitrogen and oxygen atoms in total. The van der Waals surface area contributed by atoms with E-state index in [4.69, 9.17) is 11.6 Å². The van der Waals surface area contributed by atoms with E-state index < -0.39 is 12.1 Å². The number of benzene rings is 1. The van der Waals surface area contributed by atoms with Crippen LogP contribution < -0.4 is 10.2 Å². The van der Waals surface area contributed by atoms with Gasteiger partial charge < -0.3 is 5.32 Å². The standard InChI is InChI=1S/C15H18BrClN2O2/c1-4-12-14(20)18-13(8(2)3)15(21)19(12)9-5-6-10(16)11(17)7-9/h5-8,12-13H,4H2,1-3H3,(H,18,20). The van der Waals surface area contributed by atoms with E-state index in [0.717, 1.165) is 4.47 Å². The summed E-state index contributed by atoms with van der Waals surface area (Å²) < 4.78 is 0.760. The number of carbonyl (C=O) groups excluding carboxylic acids is 2. The zero-order valence-electron chi connectivity index (χ0n) is 12.2. The van der Waals surface area contributed by atoms with Gasteiger partial charge >= 0.3 is 0 Å². The van der Waals surface area contributed by atoms with Crippen molar-refractivity contribution in [3.63, 3.8) is 0 Å². The lowest BCUT2D eigenvalue weighted by molar-refractivity contribution is -0.134. The first kappa shape index (κ1) is 16.3. The second kappa shape index (κ2) is 6.36. The lowest BCUT2D eigenvalue weighted by Crippen LogP contribution is -2.64. The second-order valence-corrected chi connectivity index (χ2v) is 6.72. The van der Waals surface area contributed by atoms with Crippen LogP contribution in [-0.2, 0) is 9.59 Å². The fourth-order valence-electron chi connectivity index (χ4n) is 2.49. The Hall–Kier alpha value is -1.07. The molecule has 1 aromatic carbocycles. The molecular weight excluding hydrogens is 356 g/mol. The Morgan fingerprint density at radius 1 is 1.38 bits per heavy atom. The SMILES string of the molecule is CCC1C(=O)NC(C(C)C)C(=O)N1c1ccc(Br)c(Cl)c1. The molecule has 1 aliphatic heterocycles. The van der Waals surface area contributed by atoms with Gasteiger partial charge in [-0.25, -0.2) is 0 Å². The first-order valence-corrected chi connectivity index (χ1v) is 8.12. The van der Waals surface area contributed by atoms with Gasteiger partial charge in [-0.15, -0.1) is 0 Å². The number of carbonyl (C=O) groups is 2. The number of hydrogen-bond acceptors (Lipinski definition) is 2. The maximum absolute atomic E-state index is 12.7. The molecule has 0 aromatic heterocycles. The molecule has 1 fully saturated rings. The highest BCUT2D eigenvalue weighted by molar-refractivity contribution is 9.10. The minimum Gasteiger partial charge on any atom is -0.342 e. The van der Waals surface area contributed by atoms with Gasteiger partial charge in [-0.3, -0.25) is 14.5 Å². The van der Waals surface area contributed by atoms with Crippen LogP contribution in [0.5, 0.6) is 0 Å². The monoisotopic (exact) mass is 372 g/mol. The number of halogens is 2. The van der Waals surface area contributed by atoms with Crippen molar-refractivity contribution >= 4 is 45.0 Å². The minimum absolute atomic E-state index is 0.0349. The van der Waals surface area contributed by atoms with Crippen molar-refractivity contribution in [1.82, 2.24) is 5.32 Å². The molecule has 1 saturated heterocycles. The molecular formula is C15H18BrClN2O2. The van der Waals surface area contributed by atoms with Crippen LogP contribution >= 0.6 is 27.5 Å². The van der Waals surface area contributed by atoms with Crippen LogP contribution in [0, 0.1) is 5.92 Å². The van der Waals surface area contributed by atoms with Crippen LogP contribution in [0.2, 0.25) is 5.02 Å². The highest BCUT2D eigenvalue weighted by atomic mass is 79.9. The molecule has 0 aliphatic carbocycles. The average Bonchev–Trinajstić information content (AvgIpc) is 2.43. The molecule has 2 atom stereocenters. The van der Waals surface area contributed by atoms with E-state index in [-0.39, 0.29) is 17.7 Å². The van der Waals surface area contributed by atoms with Crippen molar-refractivity contribution in [3.8, 4) is 0 Å². The maximum Gasteiger partial charge on any atom is 0.250 e. The van der Waals surface area contributed by atoms with Crippen molar-refractivity contribution < 1.29 is 9.59 Å². The zero-order chi connectivity index (χ0) is 15.7. The topological polar surface area (TPSA) is 49.4 Å².